The number of nitrogens with one attached hydrogen (secondary N) is 1. The van der Waals surface area contributed by atoms with Gasteiger partial charge in [0.1, 0.15) is 0 Å². The highest BCUT2D eigenvalue weighted by molar-refractivity contribution is 5.79. The molecule has 2 saturated heterocycles. The summed E-state index contributed by atoms with van der Waals surface area (Å²) >= 11 is 0. The van der Waals surface area contributed by atoms with Crippen molar-refractivity contribution in [2.75, 3.05) is 19.6 Å². The number of likely N-dealkylation sites (tertiary alicyclic amines) is 1. The largest absolute Gasteiger partial charge is 0.336 e. The zero-order valence-electron chi connectivity index (χ0n) is 11.5. The molecule has 102 valence electrons. The molecule has 1 amide bonds. The van der Waals surface area contributed by atoms with Crippen LogP contribution in [-0.2, 0) is 11.3 Å². The molecule has 3 heterocycles. The third kappa shape index (κ3) is 2.63. The van der Waals surface area contributed by atoms with Crippen molar-refractivity contribution in [3.8, 4) is 0 Å². The minimum absolute atomic E-state index is 0.228. The fraction of sp³-hybridized carbons (Fsp3) is 0.600. The highest BCUT2D eigenvalue weighted by Gasteiger charge is 2.43. The molecule has 1 aromatic rings. The molecular formula is C15H21N3O. The standard InChI is InChI=1S/C15H21N3O/c1-12-3-2-4-13(17-12)10-18-11-15(9-14(18)19)5-7-16-8-6-15/h2-4,16H,5-11H2,1H3. The lowest BCUT2D eigenvalue weighted by atomic mass is 9.78. The lowest BCUT2D eigenvalue weighted by Gasteiger charge is -2.33. The molecule has 1 spiro atoms. The van der Waals surface area contributed by atoms with Gasteiger partial charge in [-0.1, -0.05) is 6.07 Å². The first-order valence-electron chi connectivity index (χ1n) is 7.08. The number of hydrogen-bond donors (Lipinski definition) is 1. The maximum atomic E-state index is 12.2. The second-order valence-electron chi connectivity index (χ2n) is 5.95. The topological polar surface area (TPSA) is 45.2 Å². The minimum Gasteiger partial charge on any atom is -0.336 e. The van der Waals surface area contributed by atoms with Crippen LogP contribution in [0.15, 0.2) is 18.2 Å². The second-order valence-corrected chi connectivity index (χ2v) is 5.95. The summed E-state index contributed by atoms with van der Waals surface area (Å²) in [5.41, 5.74) is 2.24. The molecule has 0 radical (unpaired) electrons. The smallest absolute Gasteiger partial charge is 0.223 e. The van der Waals surface area contributed by atoms with E-state index < -0.39 is 0 Å². The Hall–Kier alpha value is -1.42. The molecule has 4 nitrogen and oxygen atoms in total. The third-order valence-corrected chi connectivity index (χ3v) is 4.37. The Bertz CT molecular complexity index is 480. The number of aryl methyl sites for hydroxylation is 1. The SMILES string of the molecule is Cc1cccc(CN2CC3(CCNCC3)CC2=O)n1. The zero-order chi connectivity index (χ0) is 13.3. The lowest BCUT2D eigenvalue weighted by Crippen LogP contribution is -2.38. The van der Waals surface area contributed by atoms with Crippen LogP contribution in [0.5, 0.6) is 0 Å². The fourth-order valence-electron chi connectivity index (χ4n) is 3.30. The summed E-state index contributed by atoms with van der Waals surface area (Å²) in [5.74, 6) is 0.296. The van der Waals surface area contributed by atoms with Crippen molar-refractivity contribution in [1.82, 2.24) is 15.2 Å². The number of piperidine rings is 1. The van der Waals surface area contributed by atoms with E-state index in [2.05, 4.69) is 10.3 Å². The van der Waals surface area contributed by atoms with Crippen molar-refractivity contribution in [2.45, 2.75) is 32.7 Å². The number of nitrogens with zero attached hydrogens (tertiary/aromatic N) is 2. The molecule has 0 aromatic carbocycles. The lowest BCUT2D eigenvalue weighted by molar-refractivity contribution is -0.128. The molecule has 3 rings (SSSR count). The van der Waals surface area contributed by atoms with E-state index in [1.165, 1.54) is 0 Å². The van der Waals surface area contributed by atoms with Crippen LogP contribution in [0.25, 0.3) is 0 Å². The van der Waals surface area contributed by atoms with Gasteiger partial charge in [0.05, 0.1) is 12.2 Å². The van der Waals surface area contributed by atoms with Crippen molar-refractivity contribution in [2.24, 2.45) is 5.41 Å². The van der Waals surface area contributed by atoms with Crippen LogP contribution in [0.3, 0.4) is 0 Å². The molecule has 2 aliphatic rings. The average molecular weight is 259 g/mol. The summed E-state index contributed by atoms with van der Waals surface area (Å²) in [6.45, 7) is 5.65. The third-order valence-electron chi connectivity index (χ3n) is 4.37. The Balaban J connectivity index is 1.70. The molecule has 4 heteroatoms. The van der Waals surface area contributed by atoms with Gasteiger partial charge in [-0.05, 0) is 50.4 Å². The monoisotopic (exact) mass is 259 g/mol. The normalized spacial score (nSPS) is 22.2. The molecular weight excluding hydrogens is 238 g/mol. The predicted octanol–water partition coefficient (Wildman–Crippen LogP) is 1.49. The van der Waals surface area contributed by atoms with E-state index in [0.29, 0.717) is 12.5 Å². The van der Waals surface area contributed by atoms with Crippen LogP contribution in [0.1, 0.15) is 30.7 Å². The van der Waals surface area contributed by atoms with Crippen molar-refractivity contribution >= 4 is 5.91 Å². The van der Waals surface area contributed by atoms with Gasteiger partial charge in [0, 0.05) is 18.7 Å². The van der Waals surface area contributed by atoms with Gasteiger partial charge in [-0.25, -0.2) is 0 Å². The molecule has 0 unspecified atom stereocenters. The van der Waals surface area contributed by atoms with Gasteiger partial charge in [0.15, 0.2) is 0 Å². The molecule has 0 saturated carbocycles. The molecule has 0 atom stereocenters. The van der Waals surface area contributed by atoms with Gasteiger partial charge >= 0.3 is 0 Å². The summed E-state index contributed by atoms with van der Waals surface area (Å²) in [6, 6.07) is 6.01. The van der Waals surface area contributed by atoms with E-state index in [1.54, 1.807) is 0 Å². The highest BCUT2D eigenvalue weighted by atomic mass is 16.2. The number of aromatic nitrogens is 1. The van der Waals surface area contributed by atoms with Gasteiger partial charge in [-0.3, -0.25) is 9.78 Å². The average Bonchev–Trinajstić information content (AvgIpc) is 2.66. The number of hydrogen-bond acceptors (Lipinski definition) is 3. The van der Waals surface area contributed by atoms with E-state index in [0.717, 1.165) is 50.3 Å². The molecule has 19 heavy (non-hydrogen) atoms. The van der Waals surface area contributed by atoms with Crippen LogP contribution in [0, 0.1) is 12.3 Å². The van der Waals surface area contributed by atoms with Crippen molar-refractivity contribution < 1.29 is 4.79 Å². The van der Waals surface area contributed by atoms with E-state index in [9.17, 15) is 4.79 Å². The van der Waals surface area contributed by atoms with Crippen LogP contribution in [0.4, 0.5) is 0 Å². The second kappa shape index (κ2) is 4.93. The molecule has 2 aliphatic heterocycles. The number of amides is 1. The first kappa shape index (κ1) is 12.6. The van der Waals surface area contributed by atoms with Crippen LogP contribution in [-0.4, -0.2) is 35.4 Å². The molecule has 1 N–H and O–H groups in total. The van der Waals surface area contributed by atoms with E-state index in [-0.39, 0.29) is 5.41 Å². The summed E-state index contributed by atoms with van der Waals surface area (Å²) < 4.78 is 0. The van der Waals surface area contributed by atoms with Crippen molar-refractivity contribution in [3.05, 3.63) is 29.6 Å². The summed E-state index contributed by atoms with van der Waals surface area (Å²) in [7, 11) is 0. The Kier molecular flexibility index (Phi) is 3.27. The molecule has 0 bridgehead atoms. The summed E-state index contributed by atoms with van der Waals surface area (Å²) in [5, 5.41) is 3.38. The van der Waals surface area contributed by atoms with E-state index >= 15 is 0 Å². The Morgan fingerprint density at radius 3 is 2.89 bits per heavy atom. The number of carbonyl (C=O) groups excluding carboxylic acids is 1. The number of pyridine rings is 1. The first-order valence-corrected chi connectivity index (χ1v) is 7.08. The minimum atomic E-state index is 0.228. The van der Waals surface area contributed by atoms with Gasteiger partial charge in [0.2, 0.25) is 5.91 Å². The van der Waals surface area contributed by atoms with E-state index in [4.69, 9.17) is 0 Å². The Morgan fingerprint density at radius 1 is 1.37 bits per heavy atom. The Morgan fingerprint density at radius 2 is 2.16 bits per heavy atom. The van der Waals surface area contributed by atoms with Gasteiger partial charge in [0.25, 0.3) is 0 Å². The quantitative estimate of drug-likeness (QED) is 0.875. The Labute approximate surface area is 114 Å². The van der Waals surface area contributed by atoms with Gasteiger partial charge in [-0.15, -0.1) is 0 Å². The molecule has 1 aromatic heterocycles. The van der Waals surface area contributed by atoms with Gasteiger partial charge < -0.3 is 10.2 Å². The summed E-state index contributed by atoms with van der Waals surface area (Å²) in [4.78, 5) is 18.7. The maximum absolute atomic E-state index is 12.2. The predicted molar refractivity (Wildman–Crippen MR) is 73.5 cm³/mol. The van der Waals surface area contributed by atoms with Crippen LogP contribution < -0.4 is 5.32 Å². The maximum Gasteiger partial charge on any atom is 0.223 e. The zero-order valence-corrected chi connectivity index (χ0v) is 11.5. The number of rotatable bonds is 2. The fourth-order valence-corrected chi connectivity index (χ4v) is 3.30. The van der Waals surface area contributed by atoms with Gasteiger partial charge in [-0.2, -0.15) is 0 Å². The van der Waals surface area contributed by atoms with E-state index in [1.807, 2.05) is 30.0 Å². The first-order chi connectivity index (χ1) is 9.17. The number of carbonyl (C=O) groups is 1. The van der Waals surface area contributed by atoms with Crippen LogP contribution in [0.2, 0.25) is 0 Å². The summed E-state index contributed by atoms with van der Waals surface area (Å²) in [6.07, 6.45) is 2.97. The van der Waals surface area contributed by atoms with Crippen LogP contribution >= 0.6 is 0 Å². The van der Waals surface area contributed by atoms with Crippen molar-refractivity contribution in [3.63, 3.8) is 0 Å². The highest BCUT2D eigenvalue weighted by Crippen LogP contribution is 2.39. The molecule has 2 fully saturated rings. The molecule has 0 aliphatic carbocycles. The van der Waals surface area contributed by atoms with Crippen molar-refractivity contribution in [1.29, 1.82) is 0 Å².